The van der Waals surface area contributed by atoms with Crippen LogP contribution < -0.4 is 5.76 Å². The van der Waals surface area contributed by atoms with Crippen molar-refractivity contribution in [2.45, 2.75) is 32.2 Å². The van der Waals surface area contributed by atoms with Crippen molar-refractivity contribution in [3.05, 3.63) is 70.7 Å². The van der Waals surface area contributed by atoms with Gasteiger partial charge in [0.15, 0.2) is 5.58 Å². The van der Waals surface area contributed by atoms with E-state index in [1.165, 1.54) is 0 Å². The predicted molar refractivity (Wildman–Crippen MR) is 105 cm³/mol. The largest absolute Gasteiger partial charge is 0.420 e. The van der Waals surface area contributed by atoms with Crippen LogP contribution in [0.25, 0.3) is 11.1 Å². The third-order valence-electron chi connectivity index (χ3n) is 5.45. The zero-order valence-corrected chi connectivity index (χ0v) is 15.7. The second-order valence-corrected chi connectivity index (χ2v) is 7.56. The molecule has 0 saturated carbocycles. The molecule has 1 saturated heterocycles. The fourth-order valence-corrected chi connectivity index (χ4v) is 4.15. The van der Waals surface area contributed by atoms with Crippen LogP contribution in [-0.4, -0.2) is 28.5 Å². The lowest BCUT2D eigenvalue weighted by Gasteiger charge is -2.26. The lowest BCUT2D eigenvalue weighted by Crippen LogP contribution is -2.36. The molecular weight excluding hydrogens is 340 g/mol. The Labute approximate surface area is 158 Å². The lowest BCUT2D eigenvalue weighted by atomic mass is 9.87. The number of fused-ring (bicyclic) bond motifs is 1. The van der Waals surface area contributed by atoms with Crippen LogP contribution in [0.1, 0.15) is 37.8 Å². The number of carbonyl (C=O) groups is 1. The predicted octanol–water partition coefficient (Wildman–Crippen LogP) is 3.81. The van der Waals surface area contributed by atoms with E-state index in [-0.39, 0.29) is 29.5 Å². The van der Waals surface area contributed by atoms with E-state index in [9.17, 15) is 9.59 Å². The fourth-order valence-electron chi connectivity index (χ4n) is 4.15. The Balaban J connectivity index is 1.59. The van der Waals surface area contributed by atoms with Crippen LogP contribution >= 0.6 is 0 Å². The van der Waals surface area contributed by atoms with Gasteiger partial charge in [0.1, 0.15) is 0 Å². The van der Waals surface area contributed by atoms with Crippen molar-refractivity contribution in [2.24, 2.45) is 5.92 Å². The highest BCUT2D eigenvalue weighted by atomic mass is 16.4. The van der Waals surface area contributed by atoms with Gasteiger partial charge < -0.3 is 9.32 Å². The van der Waals surface area contributed by atoms with Crippen LogP contribution in [0.3, 0.4) is 0 Å². The first-order chi connectivity index (χ1) is 13.1. The molecule has 0 bridgehead atoms. The van der Waals surface area contributed by atoms with Gasteiger partial charge in [-0.05, 0) is 30.0 Å². The first-order valence-electron chi connectivity index (χ1n) is 9.50. The number of benzene rings is 2. The Hall–Kier alpha value is -2.82. The minimum atomic E-state index is -0.348. The third kappa shape index (κ3) is 3.18. The van der Waals surface area contributed by atoms with E-state index < -0.39 is 0 Å². The van der Waals surface area contributed by atoms with E-state index in [0.717, 1.165) is 17.5 Å². The van der Waals surface area contributed by atoms with Crippen molar-refractivity contribution in [2.75, 3.05) is 13.1 Å². The molecule has 0 N–H and O–H groups in total. The highest BCUT2D eigenvalue weighted by Crippen LogP contribution is 2.31. The number of likely N-dealkylation sites (tertiary alicyclic amines) is 1. The van der Waals surface area contributed by atoms with E-state index in [1.807, 2.05) is 53.4 Å². The molecule has 1 aromatic heterocycles. The number of hydrogen-bond donors (Lipinski definition) is 0. The molecule has 2 atom stereocenters. The van der Waals surface area contributed by atoms with E-state index in [0.29, 0.717) is 18.7 Å². The Morgan fingerprint density at radius 1 is 1.07 bits per heavy atom. The maximum absolute atomic E-state index is 13.3. The molecule has 1 aliphatic heterocycles. The summed E-state index contributed by atoms with van der Waals surface area (Å²) in [4.78, 5) is 27.5. The summed E-state index contributed by atoms with van der Waals surface area (Å²) in [7, 11) is 0. The molecule has 2 unspecified atom stereocenters. The molecule has 0 aliphatic carbocycles. The fraction of sp³-hybridized carbons (Fsp3) is 0.364. The highest BCUT2D eigenvalue weighted by Gasteiger charge is 2.35. The van der Waals surface area contributed by atoms with E-state index in [4.69, 9.17) is 4.42 Å². The van der Waals surface area contributed by atoms with Crippen LogP contribution in [-0.2, 0) is 4.79 Å². The Kier molecular flexibility index (Phi) is 4.60. The van der Waals surface area contributed by atoms with Crippen molar-refractivity contribution >= 4 is 17.0 Å². The molecule has 140 valence electrons. The number of oxazole rings is 1. The average Bonchev–Trinajstić information content (AvgIpc) is 3.25. The van der Waals surface area contributed by atoms with Gasteiger partial charge in [0, 0.05) is 13.1 Å². The molecule has 0 spiro atoms. The molecule has 5 heteroatoms. The standard InChI is InChI=1S/C22H24N2O3/c1-15(2)20(16-8-4-3-5-9-16)21(25)23-13-12-17(14-23)24-18-10-6-7-11-19(18)27-22(24)26/h3-11,15,17,20H,12-14H2,1-2H3. The minimum absolute atomic E-state index is 0.0475. The van der Waals surface area contributed by atoms with Gasteiger partial charge in [0.25, 0.3) is 0 Å². The summed E-state index contributed by atoms with van der Waals surface area (Å²) >= 11 is 0. The smallest absolute Gasteiger partial charge is 0.408 e. The van der Waals surface area contributed by atoms with Crippen molar-refractivity contribution in [3.63, 3.8) is 0 Å². The van der Waals surface area contributed by atoms with Gasteiger partial charge in [-0.2, -0.15) is 0 Å². The lowest BCUT2D eigenvalue weighted by molar-refractivity contribution is -0.132. The number of amides is 1. The summed E-state index contributed by atoms with van der Waals surface area (Å²) in [5.41, 5.74) is 2.44. The summed E-state index contributed by atoms with van der Waals surface area (Å²) in [6, 6.07) is 17.4. The van der Waals surface area contributed by atoms with Crippen LogP contribution in [0.4, 0.5) is 0 Å². The van der Waals surface area contributed by atoms with Gasteiger partial charge in [-0.15, -0.1) is 0 Å². The Morgan fingerprint density at radius 3 is 2.52 bits per heavy atom. The molecule has 1 aliphatic rings. The van der Waals surface area contributed by atoms with Crippen molar-refractivity contribution in [1.82, 2.24) is 9.47 Å². The van der Waals surface area contributed by atoms with Crippen LogP contribution in [0, 0.1) is 5.92 Å². The highest BCUT2D eigenvalue weighted by molar-refractivity contribution is 5.84. The quantitative estimate of drug-likeness (QED) is 0.707. The normalized spacial score (nSPS) is 18.3. The molecule has 3 aromatic rings. The van der Waals surface area contributed by atoms with Crippen LogP contribution in [0.2, 0.25) is 0 Å². The Bertz CT molecular complexity index is 1000. The molecule has 1 fully saturated rings. The average molecular weight is 364 g/mol. The summed E-state index contributed by atoms with van der Waals surface area (Å²) in [6.07, 6.45) is 0.759. The number of rotatable bonds is 4. The van der Waals surface area contributed by atoms with E-state index in [2.05, 4.69) is 13.8 Å². The summed E-state index contributed by atoms with van der Waals surface area (Å²) in [5.74, 6) is -0.169. The summed E-state index contributed by atoms with van der Waals surface area (Å²) in [6.45, 7) is 5.36. The SMILES string of the molecule is CC(C)C(C(=O)N1CCC(n2c(=O)oc3ccccc32)C1)c1ccccc1. The molecule has 0 radical (unpaired) electrons. The molecule has 1 amide bonds. The third-order valence-corrected chi connectivity index (χ3v) is 5.45. The number of para-hydroxylation sites is 2. The summed E-state index contributed by atoms with van der Waals surface area (Å²) < 4.78 is 7.07. The van der Waals surface area contributed by atoms with Crippen molar-refractivity contribution in [3.8, 4) is 0 Å². The molecule has 5 nitrogen and oxygen atoms in total. The first kappa shape index (κ1) is 17.6. The maximum atomic E-state index is 13.3. The van der Waals surface area contributed by atoms with Gasteiger partial charge in [-0.25, -0.2) is 4.79 Å². The van der Waals surface area contributed by atoms with Crippen LogP contribution in [0.5, 0.6) is 0 Å². The van der Waals surface area contributed by atoms with Gasteiger partial charge in [-0.3, -0.25) is 9.36 Å². The van der Waals surface area contributed by atoms with Gasteiger partial charge in [0.05, 0.1) is 17.5 Å². The number of aromatic nitrogens is 1. The van der Waals surface area contributed by atoms with Gasteiger partial charge in [-0.1, -0.05) is 56.3 Å². The Morgan fingerprint density at radius 2 is 1.78 bits per heavy atom. The molecular formula is C22H24N2O3. The topological polar surface area (TPSA) is 55.5 Å². The first-order valence-corrected chi connectivity index (χ1v) is 9.50. The maximum Gasteiger partial charge on any atom is 0.420 e. The molecule has 2 aromatic carbocycles. The second-order valence-electron chi connectivity index (χ2n) is 7.56. The molecule has 27 heavy (non-hydrogen) atoms. The zero-order chi connectivity index (χ0) is 19.0. The van der Waals surface area contributed by atoms with E-state index in [1.54, 1.807) is 10.6 Å². The van der Waals surface area contributed by atoms with Gasteiger partial charge in [0.2, 0.25) is 5.91 Å². The zero-order valence-electron chi connectivity index (χ0n) is 15.7. The monoisotopic (exact) mass is 364 g/mol. The summed E-state index contributed by atoms with van der Waals surface area (Å²) in [5, 5.41) is 0. The molecule has 2 heterocycles. The number of nitrogens with zero attached hydrogens (tertiary/aromatic N) is 2. The van der Waals surface area contributed by atoms with Gasteiger partial charge >= 0.3 is 5.76 Å². The van der Waals surface area contributed by atoms with Crippen molar-refractivity contribution < 1.29 is 9.21 Å². The van der Waals surface area contributed by atoms with E-state index >= 15 is 0 Å². The minimum Gasteiger partial charge on any atom is -0.408 e. The number of hydrogen-bond acceptors (Lipinski definition) is 3. The number of carbonyl (C=O) groups excluding carboxylic acids is 1. The second kappa shape index (κ2) is 7.06. The van der Waals surface area contributed by atoms with Crippen LogP contribution in [0.15, 0.2) is 63.8 Å². The van der Waals surface area contributed by atoms with Crippen molar-refractivity contribution in [1.29, 1.82) is 0 Å². The molecule has 4 rings (SSSR count).